The molecule has 2 aromatic carbocycles. The van der Waals surface area contributed by atoms with Gasteiger partial charge in [-0.25, -0.2) is 0 Å². The lowest BCUT2D eigenvalue weighted by molar-refractivity contribution is -0.121. The molecule has 1 fully saturated rings. The van der Waals surface area contributed by atoms with Gasteiger partial charge in [0.15, 0.2) is 0 Å². The predicted octanol–water partition coefficient (Wildman–Crippen LogP) is 3.91. The van der Waals surface area contributed by atoms with Crippen LogP contribution in [0.25, 0.3) is 10.9 Å². The number of nitrogens with zero attached hydrogens (tertiary/aromatic N) is 2. The van der Waals surface area contributed by atoms with Crippen molar-refractivity contribution in [2.24, 2.45) is 0 Å². The van der Waals surface area contributed by atoms with Gasteiger partial charge in [-0.05, 0) is 62.7 Å². The van der Waals surface area contributed by atoms with E-state index in [1.165, 1.54) is 24.0 Å². The van der Waals surface area contributed by atoms with Crippen LogP contribution in [0.15, 0.2) is 54.7 Å². The molecule has 1 unspecified atom stereocenters. The van der Waals surface area contributed by atoms with Gasteiger partial charge < -0.3 is 14.6 Å². The number of fused-ring (bicyclic) bond motifs is 1. The fourth-order valence-corrected chi connectivity index (χ4v) is 4.16. The summed E-state index contributed by atoms with van der Waals surface area (Å²) < 4.78 is 7.27. The van der Waals surface area contributed by atoms with Gasteiger partial charge in [0.25, 0.3) is 0 Å². The Balaban J connectivity index is 1.43. The highest BCUT2D eigenvalue weighted by atomic mass is 16.5. The van der Waals surface area contributed by atoms with E-state index in [4.69, 9.17) is 4.74 Å². The first kappa shape index (κ1) is 19.5. The van der Waals surface area contributed by atoms with E-state index in [9.17, 15) is 4.79 Å². The minimum atomic E-state index is 0.0367. The van der Waals surface area contributed by atoms with Gasteiger partial charge in [0.2, 0.25) is 5.91 Å². The number of hydrogen-bond acceptors (Lipinski definition) is 3. The highest BCUT2D eigenvalue weighted by Gasteiger charge is 2.24. The Bertz CT molecular complexity index is 971. The van der Waals surface area contributed by atoms with Crippen molar-refractivity contribution < 1.29 is 9.53 Å². The molecule has 1 saturated heterocycles. The molecule has 0 bridgehead atoms. The molecule has 1 aliphatic rings. The van der Waals surface area contributed by atoms with Crippen LogP contribution in [-0.2, 0) is 11.3 Å². The molecule has 0 aliphatic carbocycles. The number of carbonyl (C=O) groups excluding carboxylic acids is 1. The molecule has 1 N–H and O–H groups in total. The van der Waals surface area contributed by atoms with Gasteiger partial charge in [-0.2, -0.15) is 0 Å². The quantitative estimate of drug-likeness (QED) is 0.664. The molecule has 29 heavy (non-hydrogen) atoms. The summed E-state index contributed by atoms with van der Waals surface area (Å²) in [7, 11) is 1.66. The maximum Gasteiger partial charge on any atom is 0.240 e. The zero-order valence-electron chi connectivity index (χ0n) is 17.2. The lowest BCUT2D eigenvalue weighted by Gasteiger charge is -2.28. The third-order valence-electron chi connectivity index (χ3n) is 5.83. The second-order valence-corrected chi connectivity index (χ2v) is 7.84. The Kier molecular flexibility index (Phi) is 5.86. The maximum atomic E-state index is 12.7. The summed E-state index contributed by atoms with van der Waals surface area (Å²) in [5, 5.41) is 4.25. The molecule has 2 heterocycles. The smallest absolute Gasteiger partial charge is 0.240 e. The number of aryl methyl sites for hydroxylation is 1. The second kappa shape index (κ2) is 8.70. The van der Waals surface area contributed by atoms with Crippen LogP contribution >= 0.6 is 0 Å². The Morgan fingerprint density at radius 1 is 1.10 bits per heavy atom. The molecular formula is C24H29N3O2. The molecule has 0 spiro atoms. The van der Waals surface area contributed by atoms with Crippen molar-refractivity contribution in [1.82, 2.24) is 14.8 Å². The summed E-state index contributed by atoms with van der Waals surface area (Å²) in [6, 6.07) is 16.9. The second-order valence-electron chi connectivity index (χ2n) is 7.84. The average Bonchev–Trinajstić information content (AvgIpc) is 3.40. The van der Waals surface area contributed by atoms with E-state index in [1.807, 2.05) is 35.0 Å². The minimum absolute atomic E-state index is 0.0367. The number of carbonyl (C=O) groups is 1. The molecule has 1 atom stereocenters. The minimum Gasteiger partial charge on any atom is -0.497 e. The van der Waals surface area contributed by atoms with Crippen molar-refractivity contribution in [3.8, 4) is 5.75 Å². The van der Waals surface area contributed by atoms with Crippen molar-refractivity contribution in [3.05, 3.63) is 65.9 Å². The van der Waals surface area contributed by atoms with Crippen LogP contribution < -0.4 is 10.1 Å². The molecule has 1 amide bonds. The third-order valence-corrected chi connectivity index (χ3v) is 5.83. The number of hydrogen-bond donors (Lipinski definition) is 1. The molecule has 5 nitrogen and oxygen atoms in total. The van der Waals surface area contributed by atoms with Crippen molar-refractivity contribution >= 4 is 16.8 Å². The molecule has 0 radical (unpaired) electrons. The first-order valence-corrected chi connectivity index (χ1v) is 10.3. The van der Waals surface area contributed by atoms with Crippen molar-refractivity contribution in [2.75, 3.05) is 26.7 Å². The van der Waals surface area contributed by atoms with E-state index in [-0.39, 0.29) is 11.9 Å². The normalized spacial score (nSPS) is 15.5. The van der Waals surface area contributed by atoms with Crippen LogP contribution in [0, 0.1) is 6.92 Å². The summed E-state index contributed by atoms with van der Waals surface area (Å²) in [5.41, 5.74) is 3.57. The molecule has 1 aliphatic heterocycles. The van der Waals surface area contributed by atoms with Crippen LogP contribution in [0.5, 0.6) is 5.75 Å². The summed E-state index contributed by atoms with van der Waals surface area (Å²) in [5.74, 6) is 0.862. The number of amides is 1. The van der Waals surface area contributed by atoms with Crippen LogP contribution in [-0.4, -0.2) is 42.1 Å². The van der Waals surface area contributed by atoms with Gasteiger partial charge in [0, 0.05) is 23.6 Å². The maximum absolute atomic E-state index is 12.7. The highest BCUT2D eigenvalue weighted by Crippen LogP contribution is 2.25. The SMILES string of the molecule is COc1ccc2c(ccn2CC(=O)NCC(c2ccc(C)cc2)N2CCCC2)c1. The number of aromatic nitrogens is 1. The average molecular weight is 392 g/mol. The lowest BCUT2D eigenvalue weighted by atomic mass is 10.0. The van der Waals surface area contributed by atoms with Gasteiger partial charge in [0.05, 0.1) is 13.2 Å². The summed E-state index contributed by atoms with van der Waals surface area (Å²) in [6.07, 6.45) is 4.42. The number of rotatable bonds is 7. The van der Waals surface area contributed by atoms with Gasteiger partial charge in [-0.1, -0.05) is 29.8 Å². The number of ether oxygens (including phenoxy) is 1. The Morgan fingerprint density at radius 3 is 2.59 bits per heavy atom. The van der Waals surface area contributed by atoms with E-state index in [0.717, 1.165) is 29.7 Å². The molecule has 5 heteroatoms. The molecule has 0 saturated carbocycles. The first-order valence-electron chi connectivity index (χ1n) is 10.3. The topological polar surface area (TPSA) is 46.5 Å². The third kappa shape index (κ3) is 4.46. The summed E-state index contributed by atoms with van der Waals surface area (Å²) >= 11 is 0. The van der Waals surface area contributed by atoms with Crippen LogP contribution in [0.1, 0.15) is 30.0 Å². The zero-order valence-corrected chi connectivity index (χ0v) is 17.2. The number of nitrogens with one attached hydrogen (secondary N) is 1. The number of methoxy groups -OCH3 is 1. The fraction of sp³-hybridized carbons (Fsp3) is 0.375. The van der Waals surface area contributed by atoms with Gasteiger partial charge in [-0.3, -0.25) is 9.69 Å². The van der Waals surface area contributed by atoms with Crippen LogP contribution in [0.3, 0.4) is 0 Å². The van der Waals surface area contributed by atoms with Crippen LogP contribution in [0.4, 0.5) is 0 Å². The Morgan fingerprint density at radius 2 is 1.86 bits per heavy atom. The van der Waals surface area contributed by atoms with E-state index in [1.54, 1.807) is 7.11 Å². The van der Waals surface area contributed by atoms with Gasteiger partial charge in [0.1, 0.15) is 12.3 Å². The van der Waals surface area contributed by atoms with E-state index in [2.05, 4.69) is 41.4 Å². The van der Waals surface area contributed by atoms with Crippen molar-refractivity contribution in [2.45, 2.75) is 32.4 Å². The molecule has 4 rings (SSSR count). The van der Waals surface area contributed by atoms with Gasteiger partial charge >= 0.3 is 0 Å². The molecule has 3 aromatic rings. The molecular weight excluding hydrogens is 362 g/mol. The van der Waals surface area contributed by atoms with Crippen molar-refractivity contribution in [1.29, 1.82) is 0 Å². The lowest BCUT2D eigenvalue weighted by Crippen LogP contribution is -2.38. The number of likely N-dealkylation sites (tertiary alicyclic amines) is 1. The number of benzene rings is 2. The molecule has 152 valence electrons. The standard InChI is InChI=1S/C24H29N3O2/c1-18-5-7-19(8-6-18)23(26-12-3-4-13-26)16-25-24(28)17-27-14-11-20-15-21(29-2)9-10-22(20)27/h5-11,14-15,23H,3-4,12-13,16-17H2,1-2H3,(H,25,28). The summed E-state index contributed by atoms with van der Waals surface area (Å²) in [4.78, 5) is 15.2. The fourth-order valence-electron chi connectivity index (χ4n) is 4.16. The summed E-state index contributed by atoms with van der Waals surface area (Å²) in [6.45, 7) is 5.25. The highest BCUT2D eigenvalue weighted by molar-refractivity contribution is 5.84. The van der Waals surface area contributed by atoms with Crippen molar-refractivity contribution in [3.63, 3.8) is 0 Å². The zero-order chi connectivity index (χ0) is 20.2. The van der Waals surface area contributed by atoms with E-state index < -0.39 is 0 Å². The van der Waals surface area contributed by atoms with Gasteiger partial charge in [-0.15, -0.1) is 0 Å². The van der Waals surface area contributed by atoms with Crippen LogP contribution in [0.2, 0.25) is 0 Å². The largest absolute Gasteiger partial charge is 0.497 e. The Hall–Kier alpha value is -2.79. The predicted molar refractivity (Wildman–Crippen MR) is 116 cm³/mol. The van der Waals surface area contributed by atoms with E-state index in [0.29, 0.717) is 13.1 Å². The monoisotopic (exact) mass is 391 g/mol. The molecule has 1 aromatic heterocycles. The van der Waals surface area contributed by atoms with E-state index >= 15 is 0 Å². The first-order chi connectivity index (χ1) is 14.1. The Labute approximate surface area is 172 Å².